The van der Waals surface area contributed by atoms with Crippen LogP contribution in [-0.4, -0.2) is 19.3 Å². The van der Waals surface area contributed by atoms with Gasteiger partial charge >= 0.3 is 0 Å². The molecule has 0 aliphatic carbocycles. The van der Waals surface area contributed by atoms with Crippen LogP contribution >= 0.6 is 0 Å². The molecule has 0 N–H and O–H groups in total. The van der Waals surface area contributed by atoms with E-state index in [-0.39, 0.29) is 18.0 Å². The molecule has 2 nitrogen and oxygen atoms in total. The Morgan fingerprint density at radius 2 is 2.17 bits per heavy atom. The van der Waals surface area contributed by atoms with Gasteiger partial charge < -0.3 is 9.47 Å². The van der Waals surface area contributed by atoms with Crippen molar-refractivity contribution < 1.29 is 13.9 Å². The van der Waals surface area contributed by atoms with Gasteiger partial charge in [-0.05, 0) is 30.5 Å². The molecule has 1 heterocycles. The molecule has 98 valence electrons. The second-order valence-electron chi connectivity index (χ2n) is 4.51. The Hall–Kier alpha value is -1.19. The molecule has 0 saturated carbocycles. The summed E-state index contributed by atoms with van der Waals surface area (Å²) in [6.45, 7) is 5.08. The molecule has 2 atom stereocenters. The lowest BCUT2D eigenvalue weighted by atomic mass is 9.99. The van der Waals surface area contributed by atoms with Gasteiger partial charge in [-0.1, -0.05) is 18.2 Å². The van der Waals surface area contributed by atoms with E-state index < -0.39 is 0 Å². The minimum Gasteiger partial charge on any atom is -0.378 e. The summed E-state index contributed by atoms with van der Waals surface area (Å²) in [5.41, 5.74) is 1.02. The third-order valence-electron chi connectivity index (χ3n) is 3.15. The fraction of sp³-hybridized carbons (Fsp3) is 0.467. The third-order valence-corrected chi connectivity index (χ3v) is 3.15. The maximum absolute atomic E-state index is 12.9. The van der Waals surface area contributed by atoms with Crippen LogP contribution in [0.15, 0.2) is 36.9 Å². The average molecular weight is 250 g/mol. The third kappa shape index (κ3) is 3.65. The smallest absolute Gasteiger partial charge is 0.123 e. The maximum atomic E-state index is 12.9. The molecule has 0 bridgehead atoms. The second kappa shape index (κ2) is 6.66. The molecule has 0 radical (unpaired) electrons. The van der Waals surface area contributed by atoms with Crippen molar-refractivity contribution in [2.75, 3.05) is 13.2 Å². The van der Waals surface area contributed by atoms with E-state index >= 15 is 0 Å². The van der Waals surface area contributed by atoms with Crippen LogP contribution in [0, 0.1) is 5.82 Å². The molecular weight excluding hydrogens is 231 g/mol. The molecule has 1 aliphatic rings. The average Bonchev–Trinajstić information content (AvgIpc) is 2.40. The molecule has 1 saturated heterocycles. The van der Waals surface area contributed by atoms with E-state index in [1.165, 1.54) is 12.1 Å². The van der Waals surface area contributed by atoms with Crippen molar-refractivity contribution in [1.29, 1.82) is 0 Å². The van der Waals surface area contributed by atoms with E-state index in [0.29, 0.717) is 13.2 Å². The SMILES string of the molecule is C=CCCOC1CCOC(c2ccc(F)cc2)C1. The zero-order valence-electron chi connectivity index (χ0n) is 10.5. The van der Waals surface area contributed by atoms with E-state index in [1.807, 2.05) is 6.08 Å². The van der Waals surface area contributed by atoms with Gasteiger partial charge in [0.25, 0.3) is 0 Å². The number of hydrogen-bond acceptors (Lipinski definition) is 2. The molecule has 1 aromatic carbocycles. The monoisotopic (exact) mass is 250 g/mol. The Labute approximate surface area is 107 Å². The Morgan fingerprint density at radius 1 is 1.39 bits per heavy atom. The van der Waals surface area contributed by atoms with Gasteiger partial charge in [-0.25, -0.2) is 4.39 Å². The van der Waals surface area contributed by atoms with Gasteiger partial charge in [0.15, 0.2) is 0 Å². The highest BCUT2D eigenvalue weighted by Gasteiger charge is 2.24. The largest absolute Gasteiger partial charge is 0.378 e. The van der Waals surface area contributed by atoms with Crippen LogP contribution in [0.5, 0.6) is 0 Å². The number of rotatable bonds is 5. The van der Waals surface area contributed by atoms with Crippen molar-refractivity contribution in [3.63, 3.8) is 0 Å². The molecule has 0 spiro atoms. The van der Waals surface area contributed by atoms with Crippen molar-refractivity contribution in [2.24, 2.45) is 0 Å². The fourth-order valence-corrected chi connectivity index (χ4v) is 2.15. The van der Waals surface area contributed by atoms with Crippen LogP contribution in [0.3, 0.4) is 0 Å². The van der Waals surface area contributed by atoms with Crippen molar-refractivity contribution >= 4 is 0 Å². The number of halogens is 1. The van der Waals surface area contributed by atoms with E-state index in [9.17, 15) is 4.39 Å². The molecule has 0 amide bonds. The van der Waals surface area contributed by atoms with Gasteiger partial charge in [-0.3, -0.25) is 0 Å². The van der Waals surface area contributed by atoms with Crippen molar-refractivity contribution in [3.8, 4) is 0 Å². The van der Waals surface area contributed by atoms with E-state index in [1.54, 1.807) is 12.1 Å². The van der Waals surface area contributed by atoms with Gasteiger partial charge in [0.2, 0.25) is 0 Å². The van der Waals surface area contributed by atoms with E-state index in [4.69, 9.17) is 9.47 Å². The second-order valence-corrected chi connectivity index (χ2v) is 4.51. The first-order valence-electron chi connectivity index (χ1n) is 6.39. The summed E-state index contributed by atoms with van der Waals surface area (Å²) in [6, 6.07) is 6.51. The van der Waals surface area contributed by atoms with Crippen LogP contribution in [0.4, 0.5) is 4.39 Å². The molecule has 1 aromatic rings. The summed E-state index contributed by atoms with van der Waals surface area (Å²) in [6.07, 6.45) is 4.74. The lowest BCUT2D eigenvalue weighted by Gasteiger charge is -2.29. The summed E-state index contributed by atoms with van der Waals surface area (Å²) in [4.78, 5) is 0. The highest BCUT2D eigenvalue weighted by molar-refractivity contribution is 5.19. The van der Waals surface area contributed by atoms with Crippen LogP contribution in [0.1, 0.15) is 30.9 Å². The fourth-order valence-electron chi connectivity index (χ4n) is 2.15. The highest BCUT2D eigenvalue weighted by Crippen LogP contribution is 2.29. The molecule has 2 rings (SSSR count). The quantitative estimate of drug-likeness (QED) is 0.586. The lowest BCUT2D eigenvalue weighted by molar-refractivity contribution is -0.0730. The maximum Gasteiger partial charge on any atom is 0.123 e. The van der Waals surface area contributed by atoms with Gasteiger partial charge in [-0.15, -0.1) is 6.58 Å². The lowest BCUT2D eigenvalue weighted by Crippen LogP contribution is -2.26. The summed E-state index contributed by atoms with van der Waals surface area (Å²) >= 11 is 0. The number of hydrogen-bond donors (Lipinski definition) is 0. The minimum absolute atomic E-state index is 0.0214. The molecule has 1 aliphatic heterocycles. The molecule has 1 fully saturated rings. The topological polar surface area (TPSA) is 18.5 Å². The van der Waals surface area contributed by atoms with Gasteiger partial charge in [0.05, 0.1) is 18.8 Å². The normalized spacial score (nSPS) is 23.8. The predicted molar refractivity (Wildman–Crippen MR) is 68.9 cm³/mol. The minimum atomic E-state index is -0.214. The standard InChI is InChI=1S/C15H19FO2/c1-2-3-9-17-14-8-10-18-15(11-14)12-4-6-13(16)7-5-12/h2,4-7,14-15H,1,3,8-11H2. The predicted octanol–water partition coefficient (Wildman–Crippen LogP) is 3.64. The molecule has 18 heavy (non-hydrogen) atoms. The summed E-state index contributed by atoms with van der Waals surface area (Å²) in [5, 5.41) is 0. The molecule has 2 unspecified atom stereocenters. The van der Waals surface area contributed by atoms with Crippen LogP contribution in [0.2, 0.25) is 0 Å². The van der Waals surface area contributed by atoms with Gasteiger partial charge in [-0.2, -0.15) is 0 Å². The van der Waals surface area contributed by atoms with Crippen molar-refractivity contribution in [1.82, 2.24) is 0 Å². The first-order valence-corrected chi connectivity index (χ1v) is 6.39. The van der Waals surface area contributed by atoms with E-state index in [0.717, 1.165) is 24.8 Å². The first-order chi connectivity index (χ1) is 8.79. The summed E-state index contributed by atoms with van der Waals surface area (Å²) in [5.74, 6) is -0.214. The van der Waals surface area contributed by atoms with Crippen molar-refractivity contribution in [2.45, 2.75) is 31.5 Å². The van der Waals surface area contributed by atoms with Gasteiger partial charge in [0, 0.05) is 13.0 Å². The Balaban J connectivity index is 1.89. The molecular formula is C15H19FO2. The van der Waals surface area contributed by atoms with Crippen LogP contribution < -0.4 is 0 Å². The summed E-state index contributed by atoms with van der Waals surface area (Å²) in [7, 11) is 0. The Kier molecular flexibility index (Phi) is 4.90. The molecule has 3 heteroatoms. The highest BCUT2D eigenvalue weighted by atomic mass is 19.1. The Morgan fingerprint density at radius 3 is 2.89 bits per heavy atom. The van der Waals surface area contributed by atoms with Crippen LogP contribution in [0.25, 0.3) is 0 Å². The number of ether oxygens (including phenoxy) is 2. The van der Waals surface area contributed by atoms with Crippen LogP contribution in [-0.2, 0) is 9.47 Å². The Bertz CT molecular complexity index is 375. The van der Waals surface area contributed by atoms with Crippen molar-refractivity contribution in [3.05, 3.63) is 48.3 Å². The molecule has 0 aromatic heterocycles. The van der Waals surface area contributed by atoms with E-state index in [2.05, 4.69) is 6.58 Å². The first kappa shape index (κ1) is 13.2. The number of benzene rings is 1. The zero-order chi connectivity index (χ0) is 12.8. The zero-order valence-corrected chi connectivity index (χ0v) is 10.5. The summed E-state index contributed by atoms with van der Waals surface area (Å²) < 4.78 is 24.4. The van der Waals surface area contributed by atoms with Gasteiger partial charge in [0.1, 0.15) is 5.82 Å².